The Balaban J connectivity index is 3.95. The summed E-state index contributed by atoms with van der Waals surface area (Å²) in [5, 5.41) is 8.75. The van der Waals surface area contributed by atoms with Crippen molar-refractivity contribution in [3.05, 3.63) is 36.0 Å². The molecule has 3 nitrogen and oxygen atoms in total. The van der Waals surface area contributed by atoms with Crippen molar-refractivity contribution in [3.63, 3.8) is 0 Å². The Morgan fingerprint density at radius 2 is 1.84 bits per heavy atom. The summed E-state index contributed by atoms with van der Waals surface area (Å²) in [6, 6.07) is 0. The molecule has 0 amide bonds. The number of carbonyl (C=O) groups is 1. The number of rotatable bonds is 10. The number of carboxylic acids is 1. The van der Waals surface area contributed by atoms with Gasteiger partial charge in [0.15, 0.2) is 0 Å². The van der Waals surface area contributed by atoms with E-state index < -0.39 is 5.97 Å². The van der Waals surface area contributed by atoms with Crippen molar-refractivity contribution >= 4 is 5.97 Å². The average molecular weight is 265 g/mol. The van der Waals surface area contributed by atoms with Gasteiger partial charge in [-0.2, -0.15) is 0 Å². The molecule has 0 aliphatic carbocycles. The molecule has 0 aromatic heterocycles. The van der Waals surface area contributed by atoms with Crippen LogP contribution in [0.3, 0.4) is 0 Å². The molecule has 0 saturated heterocycles. The van der Waals surface area contributed by atoms with Crippen molar-refractivity contribution in [1.82, 2.24) is 4.90 Å². The van der Waals surface area contributed by atoms with Gasteiger partial charge < -0.3 is 5.11 Å². The van der Waals surface area contributed by atoms with Crippen LogP contribution in [-0.4, -0.2) is 35.6 Å². The van der Waals surface area contributed by atoms with E-state index in [1.165, 1.54) is 6.42 Å². The second-order valence-electron chi connectivity index (χ2n) is 4.52. The molecule has 108 valence electrons. The van der Waals surface area contributed by atoms with Crippen LogP contribution >= 0.6 is 0 Å². The molecule has 0 saturated carbocycles. The molecular formula is C16H27NO2. The number of unbranched alkanes of at least 4 members (excludes halogenated alkanes) is 1. The van der Waals surface area contributed by atoms with E-state index >= 15 is 0 Å². The molecular weight excluding hydrogens is 238 g/mol. The molecule has 19 heavy (non-hydrogen) atoms. The van der Waals surface area contributed by atoms with Crippen LogP contribution in [0, 0.1) is 0 Å². The minimum atomic E-state index is -0.830. The predicted molar refractivity (Wildman–Crippen MR) is 81.3 cm³/mol. The Bertz CT molecular complexity index is 330. The topological polar surface area (TPSA) is 40.5 Å². The highest BCUT2D eigenvalue weighted by atomic mass is 16.4. The van der Waals surface area contributed by atoms with Crippen molar-refractivity contribution in [3.8, 4) is 0 Å². The van der Waals surface area contributed by atoms with Crippen LogP contribution in [0.5, 0.6) is 0 Å². The van der Waals surface area contributed by atoms with Gasteiger partial charge >= 0.3 is 5.97 Å². The Hall–Kier alpha value is -1.35. The van der Waals surface area contributed by atoms with Crippen LogP contribution in [0.25, 0.3) is 0 Å². The second-order valence-corrected chi connectivity index (χ2v) is 4.52. The maximum atomic E-state index is 10.6. The van der Waals surface area contributed by atoms with Gasteiger partial charge in [-0.05, 0) is 26.3 Å². The average Bonchev–Trinajstić information content (AvgIpc) is 2.40. The lowest BCUT2D eigenvalue weighted by Gasteiger charge is -2.17. The molecule has 0 radical (unpaired) electrons. The number of hydrogen-bond acceptors (Lipinski definition) is 2. The van der Waals surface area contributed by atoms with Gasteiger partial charge in [-0.1, -0.05) is 50.6 Å². The predicted octanol–water partition coefficient (Wildman–Crippen LogP) is 3.64. The maximum absolute atomic E-state index is 10.6. The number of likely N-dealkylation sites (N-methyl/N-ethyl adjacent to an activating group) is 1. The molecule has 0 heterocycles. The van der Waals surface area contributed by atoms with Crippen molar-refractivity contribution in [1.29, 1.82) is 0 Å². The van der Waals surface area contributed by atoms with Crippen LogP contribution in [0.4, 0.5) is 0 Å². The number of allylic oxidation sites excluding steroid dienone is 3. The van der Waals surface area contributed by atoms with Crippen molar-refractivity contribution in [2.45, 2.75) is 40.0 Å². The van der Waals surface area contributed by atoms with E-state index in [4.69, 9.17) is 5.11 Å². The van der Waals surface area contributed by atoms with E-state index in [1.807, 2.05) is 0 Å². The Labute approximate surface area is 117 Å². The van der Waals surface area contributed by atoms with Crippen molar-refractivity contribution < 1.29 is 9.90 Å². The van der Waals surface area contributed by atoms with Crippen LogP contribution in [0.1, 0.15) is 40.0 Å². The number of aliphatic carboxylic acids is 1. The third-order valence-electron chi connectivity index (χ3n) is 2.88. The molecule has 0 rings (SSSR count). The number of hydrogen-bond donors (Lipinski definition) is 1. The number of carboxylic acid groups (broad SMARTS) is 1. The Morgan fingerprint density at radius 1 is 1.16 bits per heavy atom. The van der Waals surface area contributed by atoms with E-state index in [9.17, 15) is 4.79 Å². The summed E-state index contributed by atoms with van der Waals surface area (Å²) in [5.41, 5.74) is 0.425. The van der Waals surface area contributed by atoms with Crippen molar-refractivity contribution in [2.75, 3.05) is 19.6 Å². The van der Waals surface area contributed by atoms with Crippen LogP contribution in [0.15, 0.2) is 36.0 Å². The quantitative estimate of drug-likeness (QED) is 0.484. The van der Waals surface area contributed by atoms with E-state index in [0.717, 1.165) is 32.5 Å². The first kappa shape index (κ1) is 17.6. The third kappa shape index (κ3) is 10.3. The first-order valence-electron chi connectivity index (χ1n) is 7.05. The molecule has 0 aliphatic heterocycles. The van der Waals surface area contributed by atoms with Gasteiger partial charge in [-0.25, -0.2) is 4.79 Å². The minimum Gasteiger partial charge on any atom is -0.478 e. The fourth-order valence-electron chi connectivity index (χ4n) is 1.56. The fourth-order valence-corrected chi connectivity index (χ4v) is 1.56. The summed E-state index contributed by atoms with van der Waals surface area (Å²) in [4.78, 5) is 12.9. The lowest BCUT2D eigenvalue weighted by molar-refractivity contribution is -0.132. The van der Waals surface area contributed by atoms with Crippen LogP contribution in [-0.2, 0) is 4.79 Å². The van der Waals surface area contributed by atoms with E-state index in [1.54, 1.807) is 13.0 Å². The summed E-state index contributed by atoms with van der Waals surface area (Å²) in [7, 11) is 0. The van der Waals surface area contributed by atoms with E-state index in [-0.39, 0.29) is 0 Å². The third-order valence-corrected chi connectivity index (χ3v) is 2.88. The van der Waals surface area contributed by atoms with Gasteiger partial charge in [-0.3, -0.25) is 4.90 Å². The molecule has 0 aromatic carbocycles. The highest BCUT2D eigenvalue weighted by Gasteiger charge is 2.01. The summed E-state index contributed by atoms with van der Waals surface area (Å²) in [5.74, 6) is -0.830. The molecule has 0 atom stereocenters. The van der Waals surface area contributed by atoms with Gasteiger partial charge in [0.05, 0.1) is 0 Å². The Morgan fingerprint density at radius 3 is 2.42 bits per heavy atom. The highest BCUT2D eigenvalue weighted by molar-refractivity contribution is 5.85. The largest absolute Gasteiger partial charge is 0.478 e. The number of nitrogens with zero attached hydrogens (tertiary/aromatic N) is 1. The fraction of sp³-hybridized carbons (Fsp3) is 0.562. The second kappa shape index (κ2) is 11.7. The van der Waals surface area contributed by atoms with Gasteiger partial charge in [0.25, 0.3) is 0 Å². The summed E-state index contributed by atoms with van der Waals surface area (Å²) in [6.07, 6.45) is 13.4. The van der Waals surface area contributed by atoms with E-state index in [2.05, 4.69) is 43.1 Å². The zero-order valence-electron chi connectivity index (χ0n) is 12.4. The van der Waals surface area contributed by atoms with Crippen molar-refractivity contribution in [2.24, 2.45) is 0 Å². The first-order chi connectivity index (χ1) is 9.11. The van der Waals surface area contributed by atoms with Crippen LogP contribution < -0.4 is 0 Å². The molecule has 3 heteroatoms. The highest BCUT2D eigenvalue weighted by Crippen LogP contribution is 1.99. The first-order valence-corrected chi connectivity index (χ1v) is 7.05. The maximum Gasteiger partial charge on any atom is 0.330 e. The SMILES string of the molecule is CCCC=CC=CCN(CC)CCC=C(C)C(=O)O. The smallest absolute Gasteiger partial charge is 0.330 e. The molecule has 0 bridgehead atoms. The summed E-state index contributed by atoms with van der Waals surface area (Å²) in [6.45, 7) is 8.70. The van der Waals surface area contributed by atoms with Crippen LogP contribution in [0.2, 0.25) is 0 Å². The molecule has 0 aromatic rings. The normalized spacial score (nSPS) is 12.9. The molecule has 0 spiro atoms. The zero-order valence-corrected chi connectivity index (χ0v) is 12.4. The molecule has 1 N–H and O–H groups in total. The minimum absolute atomic E-state index is 0.425. The molecule has 0 fully saturated rings. The summed E-state index contributed by atoms with van der Waals surface area (Å²) >= 11 is 0. The van der Waals surface area contributed by atoms with E-state index in [0.29, 0.717) is 5.57 Å². The van der Waals surface area contributed by atoms with Gasteiger partial charge in [-0.15, -0.1) is 0 Å². The Kier molecular flexibility index (Phi) is 10.9. The lowest BCUT2D eigenvalue weighted by atomic mass is 10.2. The summed E-state index contributed by atoms with van der Waals surface area (Å²) < 4.78 is 0. The zero-order chi connectivity index (χ0) is 14.5. The standard InChI is InChI=1S/C16H27NO2/c1-4-6-7-8-9-10-13-17(5-2)14-11-12-15(3)16(18)19/h7-10,12H,4-6,11,13-14H2,1-3H3,(H,18,19). The monoisotopic (exact) mass is 265 g/mol. The molecule has 0 unspecified atom stereocenters. The van der Waals surface area contributed by atoms with Gasteiger partial charge in [0, 0.05) is 18.7 Å². The lowest BCUT2D eigenvalue weighted by Crippen LogP contribution is -2.24. The van der Waals surface area contributed by atoms with Gasteiger partial charge in [0.2, 0.25) is 0 Å². The molecule has 0 aliphatic rings. The van der Waals surface area contributed by atoms with Gasteiger partial charge in [0.1, 0.15) is 0 Å².